The van der Waals surface area contributed by atoms with E-state index in [1.54, 1.807) is 0 Å². The van der Waals surface area contributed by atoms with Gasteiger partial charge in [-0.05, 0) is 12.8 Å². The summed E-state index contributed by atoms with van der Waals surface area (Å²) in [7, 11) is 0. The second kappa shape index (κ2) is 12.5. The Labute approximate surface area is 105 Å². The van der Waals surface area contributed by atoms with Gasteiger partial charge in [0, 0.05) is 6.42 Å². The predicted octanol–water partition coefficient (Wildman–Crippen LogP) is 0.0265. The molecule has 0 amide bonds. The third-order valence-electron chi connectivity index (χ3n) is 1.75. The molecule has 3 heteroatoms. The second-order valence-corrected chi connectivity index (χ2v) is 3.03. The number of rotatable bonds is 7. The average molecular weight is 196 g/mol. The molecule has 0 atom stereocenters. The van der Waals surface area contributed by atoms with Crippen molar-refractivity contribution in [2.24, 2.45) is 0 Å². The van der Waals surface area contributed by atoms with Gasteiger partial charge in [-0.3, -0.25) is 4.79 Å². The Bertz CT molecular complexity index is 121. The van der Waals surface area contributed by atoms with Crippen molar-refractivity contribution in [3.05, 3.63) is 0 Å². The van der Waals surface area contributed by atoms with Crippen LogP contribution in [-0.2, 0) is 9.53 Å². The molecule has 0 unspecified atom stereocenters. The monoisotopic (exact) mass is 196 g/mol. The van der Waals surface area contributed by atoms with Gasteiger partial charge in [-0.1, -0.05) is 33.1 Å². The van der Waals surface area contributed by atoms with E-state index in [0.29, 0.717) is 13.0 Å². The number of unbranched alkanes of at least 4 members (excludes halogenated alkanes) is 3. The Morgan fingerprint density at radius 3 is 2.31 bits per heavy atom. The van der Waals surface area contributed by atoms with Crippen molar-refractivity contribution in [2.75, 3.05) is 6.61 Å². The molecule has 0 saturated carbocycles. The van der Waals surface area contributed by atoms with Crippen molar-refractivity contribution in [1.29, 1.82) is 0 Å². The van der Waals surface area contributed by atoms with Crippen LogP contribution in [0.2, 0.25) is 0 Å². The zero-order chi connectivity index (χ0) is 9.23. The number of esters is 1. The minimum absolute atomic E-state index is 0. The van der Waals surface area contributed by atoms with E-state index in [-0.39, 0.29) is 37.0 Å². The van der Waals surface area contributed by atoms with Crippen molar-refractivity contribution in [1.82, 2.24) is 0 Å². The molecular weight excluding hydrogens is 175 g/mol. The van der Waals surface area contributed by atoms with E-state index in [9.17, 15) is 4.79 Å². The Morgan fingerprint density at radius 2 is 1.77 bits per heavy atom. The van der Waals surface area contributed by atoms with Crippen LogP contribution in [-0.4, -0.2) is 12.6 Å². The summed E-state index contributed by atoms with van der Waals surface area (Å²) in [6, 6.07) is 0. The molecule has 0 fully saturated rings. The molecule has 0 saturated heterocycles. The molecule has 0 rings (SSSR count). The summed E-state index contributed by atoms with van der Waals surface area (Å²) in [5, 5.41) is 0. The first-order valence-electron chi connectivity index (χ1n) is 4.96. The Hall–Kier alpha value is 0.470. The van der Waals surface area contributed by atoms with E-state index >= 15 is 0 Å². The quantitative estimate of drug-likeness (QED) is 0.326. The molecule has 0 aromatic heterocycles. The molecule has 0 spiro atoms. The van der Waals surface area contributed by atoms with Gasteiger partial charge in [0.05, 0.1) is 6.61 Å². The molecule has 0 heterocycles. The second-order valence-electron chi connectivity index (χ2n) is 3.03. The number of carbonyl (C=O) groups is 1. The first kappa shape index (κ1) is 15.9. The van der Waals surface area contributed by atoms with E-state index < -0.39 is 0 Å². The zero-order valence-corrected chi connectivity index (χ0v) is 11.3. The molecule has 0 radical (unpaired) electrons. The van der Waals surface area contributed by atoms with Crippen molar-refractivity contribution in [3.63, 3.8) is 0 Å². The number of hydrogen-bond acceptors (Lipinski definition) is 2. The van der Waals surface area contributed by atoms with Gasteiger partial charge in [0.25, 0.3) is 0 Å². The molecule has 74 valence electrons. The summed E-state index contributed by atoms with van der Waals surface area (Å²) >= 11 is 0. The average Bonchev–Trinajstić information content (AvgIpc) is 2.09. The van der Waals surface area contributed by atoms with E-state index in [4.69, 9.17) is 4.74 Å². The van der Waals surface area contributed by atoms with Gasteiger partial charge in [-0.25, -0.2) is 0 Å². The number of carbonyl (C=O) groups excluding carboxylic acids is 1. The Balaban J connectivity index is -0.000000605. The van der Waals surface area contributed by atoms with Crippen molar-refractivity contribution >= 4 is 5.97 Å². The molecule has 0 aliphatic heterocycles. The van der Waals surface area contributed by atoms with Gasteiger partial charge in [-0.2, -0.15) is 0 Å². The van der Waals surface area contributed by atoms with Crippen LogP contribution in [0, 0.1) is 0 Å². The largest absolute Gasteiger partial charge is 1.00 e. The van der Waals surface area contributed by atoms with Gasteiger partial charge in [0.2, 0.25) is 0 Å². The zero-order valence-electron chi connectivity index (χ0n) is 10.3. The fourth-order valence-electron chi connectivity index (χ4n) is 0.931. The predicted molar refractivity (Wildman–Crippen MR) is 51.1 cm³/mol. The van der Waals surface area contributed by atoms with Gasteiger partial charge in [0.1, 0.15) is 0 Å². The van der Waals surface area contributed by atoms with Crippen molar-refractivity contribution < 1.29 is 40.5 Å². The minimum Gasteiger partial charge on any atom is -1.00 e. The van der Waals surface area contributed by atoms with Crippen molar-refractivity contribution in [3.8, 4) is 0 Å². The summed E-state index contributed by atoms with van der Waals surface area (Å²) < 4.78 is 5.01. The number of ether oxygens (including phenoxy) is 1. The van der Waals surface area contributed by atoms with Crippen LogP contribution in [0.3, 0.4) is 0 Å². The summed E-state index contributed by atoms with van der Waals surface area (Å²) in [6.45, 7) is 4.82. The normalized spacial score (nSPS) is 9.08. The van der Waals surface area contributed by atoms with Crippen LogP contribution >= 0.6 is 0 Å². The van der Waals surface area contributed by atoms with Crippen LogP contribution in [0.15, 0.2) is 0 Å². The first-order valence-corrected chi connectivity index (χ1v) is 4.96. The van der Waals surface area contributed by atoms with Gasteiger partial charge >= 0.3 is 35.5 Å². The first-order chi connectivity index (χ1) is 5.81. The summed E-state index contributed by atoms with van der Waals surface area (Å²) in [5.41, 5.74) is 0. The maximum absolute atomic E-state index is 10.9. The standard InChI is InChI=1S/C10H20O2.Na.H/c1-3-5-7-9-12-10(11)8-6-4-2;;/h3-9H2,1-2H3;;/q;+1;-1. The fourth-order valence-corrected chi connectivity index (χ4v) is 0.931. The maximum atomic E-state index is 10.9. The third-order valence-corrected chi connectivity index (χ3v) is 1.75. The van der Waals surface area contributed by atoms with Gasteiger partial charge in [-0.15, -0.1) is 0 Å². The smallest absolute Gasteiger partial charge is 1.00 e. The third kappa shape index (κ3) is 12.5. The molecular formula is C10H21NaO2. The SMILES string of the molecule is CCCCCOC(=O)CCCC.[H-].[Na+]. The molecule has 2 nitrogen and oxygen atoms in total. The Morgan fingerprint density at radius 1 is 1.15 bits per heavy atom. The summed E-state index contributed by atoms with van der Waals surface area (Å²) in [5.74, 6) is -0.0343. The van der Waals surface area contributed by atoms with Gasteiger partial charge < -0.3 is 6.16 Å². The Kier molecular flexibility index (Phi) is 15.3. The molecule has 0 bridgehead atoms. The fraction of sp³-hybridized carbons (Fsp3) is 0.900. The molecule has 0 N–H and O–H groups in total. The molecule has 0 aliphatic rings. The maximum Gasteiger partial charge on any atom is 1.00 e. The molecule has 13 heavy (non-hydrogen) atoms. The summed E-state index contributed by atoms with van der Waals surface area (Å²) in [6.07, 6.45) is 5.93. The molecule has 0 aromatic rings. The van der Waals surface area contributed by atoms with Crippen molar-refractivity contribution in [2.45, 2.75) is 52.4 Å². The van der Waals surface area contributed by atoms with Crippen LogP contribution in [0.4, 0.5) is 0 Å². The number of hydrogen-bond donors (Lipinski definition) is 0. The van der Waals surface area contributed by atoms with Crippen LogP contribution in [0.25, 0.3) is 0 Å². The van der Waals surface area contributed by atoms with Crippen LogP contribution < -0.4 is 29.6 Å². The van der Waals surface area contributed by atoms with E-state index in [0.717, 1.165) is 25.7 Å². The van der Waals surface area contributed by atoms with E-state index in [2.05, 4.69) is 13.8 Å². The molecule has 0 aliphatic carbocycles. The molecule has 0 aromatic carbocycles. The minimum atomic E-state index is -0.0343. The van der Waals surface area contributed by atoms with Gasteiger partial charge in [0.15, 0.2) is 0 Å². The van der Waals surface area contributed by atoms with E-state index in [1.807, 2.05) is 0 Å². The van der Waals surface area contributed by atoms with Crippen LogP contribution in [0.5, 0.6) is 0 Å². The van der Waals surface area contributed by atoms with Crippen LogP contribution in [0.1, 0.15) is 53.8 Å². The summed E-state index contributed by atoms with van der Waals surface area (Å²) in [4.78, 5) is 10.9. The van der Waals surface area contributed by atoms with E-state index in [1.165, 1.54) is 6.42 Å². The topological polar surface area (TPSA) is 26.3 Å².